The SMILES string of the molecule is COC(=O)CC1(CSc2ccc(F)cc2[C@@H](C)N)CC1. The Labute approximate surface area is 123 Å². The van der Waals surface area contributed by atoms with Crippen molar-refractivity contribution < 1.29 is 13.9 Å². The van der Waals surface area contributed by atoms with E-state index in [1.807, 2.05) is 6.92 Å². The van der Waals surface area contributed by atoms with E-state index in [0.29, 0.717) is 6.42 Å². The Morgan fingerprint density at radius 2 is 2.25 bits per heavy atom. The molecule has 1 aromatic rings. The highest BCUT2D eigenvalue weighted by Gasteiger charge is 2.44. The molecular formula is C15H20FNO2S. The second-order valence-corrected chi connectivity index (χ2v) is 6.53. The van der Waals surface area contributed by atoms with Gasteiger partial charge in [0.25, 0.3) is 0 Å². The number of thioether (sulfide) groups is 1. The molecule has 0 aromatic heterocycles. The van der Waals surface area contributed by atoms with Crippen molar-refractivity contribution in [2.45, 2.75) is 37.1 Å². The van der Waals surface area contributed by atoms with Crippen molar-refractivity contribution in [3.8, 4) is 0 Å². The van der Waals surface area contributed by atoms with E-state index in [0.717, 1.165) is 29.1 Å². The number of halogens is 1. The monoisotopic (exact) mass is 297 g/mol. The summed E-state index contributed by atoms with van der Waals surface area (Å²) >= 11 is 1.65. The van der Waals surface area contributed by atoms with E-state index in [-0.39, 0.29) is 23.2 Å². The molecule has 1 aliphatic rings. The van der Waals surface area contributed by atoms with E-state index in [2.05, 4.69) is 0 Å². The molecule has 0 amide bonds. The average molecular weight is 297 g/mol. The second-order valence-electron chi connectivity index (χ2n) is 5.51. The zero-order chi connectivity index (χ0) is 14.8. The molecule has 0 radical (unpaired) electrons. The highest BCUT2D eigenvalue weighted by atomic mass is 32.2. The number of benzene rings is 1. The predicted molar refractivity (Wildman–Crippen MR) is 78.0 cm³/mol. The fourth-order valence-corrected chi connectivity index (χ4v) is 3.59. The molecule has 1 fully saturated rings. The maximum Gasteiger partial charge on any atom is 0.306 e. The summed E-state index contributed by atoms with van der Waals surface area (Å²) in [7, 11) is 1.42. The summed E-state index contributed by atoms with van der Waals surface area (Å²) in [5.74, 6) is 0.417. The van der Waals surface area contributed by atoms with Gasteiger partial charge in [-0.2, -0.15) is 0 Å². The molecule has 0 saturated heterocycles. The van der Waals surface area contributed by atoms with Crippen LogP contribution in [0.25, 0.3) is 0 Å². The normalized spacial score (nSPS) is 17.6. The fourth-order valence-electron chi connectivity index (χ4n) is 2.16. The first-order valence-electron chi connectivity index (χ1n) is 6.70. The molecule has 1 aromatic carbocycles. The van der Waals surface area contributed by atoms with Gasteiger partial charge in [0.2, 0.25) is 0 Å². The molecule has 3 nitrogen and oxygen atoms in total. The molecule has 110 valence electrons. The molecule has 0 aliphatic heterocycles. The van der Waals surface area contributed by atoms with Gasteiger partial charge in [0.1, 0.15) is 5.82 Å². The quantitative estimate of drug-likeness (QED) is 0.646. The summed E-state index contributed by atoms with van der Waals surface area (Å²) in [4.78, 5) is 12.4. The van der Waals surface area contributed by atoms with E-state index < -0.39 is 0 Å². The van der Waals surface area contributed by atoms with Gasteiger partial charge >= 0.3 is 5.97 Å². The molecule has 1 atom stereocenters. The van der Waals surface area contributed by atoms with Gasteiger partial charge in [-0.05, 0) is 48.9 Å². The van der Waals surface area contributed by atoms with Crippen molar-refractivity contribution in [2.24, 2.45) is 11.1 Å². The first kappa shape index (κ1) is 15.3. The highest BCUT2D eigenvalue weighted by molar-refractivity contribution is 7.99. The first-order valence-corrected chi connectivity index (χ1v) is 7.69. The minimum atomic E-state index is -0.266. The lowest BCUT2D eigenvalue weighted by atomic mass is 10.1. The van der Waals surface area contributed by atoms with Crippen LogP contribution in [0.1, 0.15) is 37.8 Å². The van der Waals surface area contributed by atoms with Crippen LogP contribution in [0, 0.1) is 11.2 Å². The maximum atomic E-state index is 13.3. The zero-order valence-corrected chi connectivity index (χ0v) is 12.6. The number of esters is 1. The molecule has 1 aliphatic carbocycles. The van der Waals surface area contributed by atoms with Gasteiger partial charge in [0.15, 0.2) is 0 Å². The van der Waals surface area contributed by atoms with E-state index in [9.17, 15) is 9.18 Å². The van der Waals surface area contributed by atoms with Crippen LogP contribution in [0.3, 0.4) is 0 Å². The number of hydrogen-bond acceptors (Lipinski definition) is 4. The Morgan fingerprint density at radius 3 is 2.80 bits per heavy atom. The van der Waals surface area contributed by atoms with Gasteiger partial charge in [-0.25, -0.2) is 4.39 Å². The smallest absolute Gasteiger partial charge is 0.306 e. The van der Waals surface area contributed by atoms with Gasteiger partial charge in [-0.3, -0.25) is 4.79 Å². The minimum absolute atomic E-state index is 0.0568. The van der Waals surface area contributed by atoms with Crippen molar-refractivity contribution in [2.75, 3.05) is 12.9 Å². The Balaban J connectivity index is 2.02. The van der Waals surface area contributed by atoms with Crippen LogP contribution in [-0.2, 0) is 9.53 Å². The van der Waals surface area contributed by atoms with Gasteiger partial charge in [-0.15, -0.1) is 11.8 Å². The van der Waals surface area contributed by atoms with Crippen LogP contribution in [0.2, 0.25) is 0 Å². The van der Waals surface area contributed by atoms with Crippen LogP contribution in [-0.4, -0.2) is 18.8 Å². The van der Waals surface area contributed by atoms with Gasteiger partial charge in [-0.1, -0.05) is 0 Å². The molecular weight excluding hydrogens is 277 g/mol. The zero-order valence-electron chi connectivity index (χ0n) is 11.8. The number of carbonyl (C=O) groups is 1. The Hall–Kier alpha value is -1.07. The molecule has 0 heterocycles. The van der Waals surface area contributed by atoms with Gasteiger partial charge in [0.05, 0.1) is 13.5 Å². The lowest BCUT2D eigenvalue weighted by Crippen LogP contribution is -2.13. The predicted octanol–water partition coefficient (Wildman–Crippen LogP) is 3.28. The first-order chi connectivity index (χ1) is 9.46. The highest BCUT2D eigenvalue weighted by Crippen LogP contribution is 2.52. The third kappa shape index (κ3) is 3.73. The third-order valence-electron chi connectivity index (χ3n) is 3.70. The summed E-state index contributed by atoms with van der Waals surface area (Å²) in [5.41, 5.74) is 6.77. The van der Waals surface area contributed by atoms with Crippen molar-refractivity contribution in [1.82, 2.24) is 0 Å². The van der Waals surface area contributed by atoms with Gasteiger partial charge in [0, 0.05) is 16.7 Å². The van der Waals surface area contributed by atoms with Gasteiger partial charge < -0.3 is 10.5 Å². The van der Waals surface area contributed by atoms with Crippen molar-refractivity contribution in [1.29, 1.82) is 0 Å². The van der Waals surface area contributed by atoms with Crippen LogP contribution in [0.15, 0.2) is 23.1 Å². The summed E-state index contributed by atoms with van der Waals surface area (Å²) in [5, 5.41) is 0. The standard InChI is InChI=1S/C15H20FNO2S/c1-10(17)12-7-11(16)3-4-13(12)20-9-15(5-6-15)8-14(18)19-2/h3-4,7,10H,5-6,8-9,17H2,1-2H3/t10-/m1/s1. The number of hydrogen-bond donors (Lipinski definition) is 1. The van der Waals surface area contributed by atoms with E-state index in [1.54, 1.807) is 17.8 Å². The van der Waals surface area contributed by atoms with Crippen molar-refractivity contribution in [3.05, 3.63) is 29.6 Å². The number of nitrogens with two attached hydrogens (primary N) is 1. The molecule has 2 N–H and O–H groups in total. The van der Waals surface area contributed by atoms with Crippen LogP contribution < -0.4 is 5.73 Å². The van der Waals surface area contributed by atoms with E-state index >= 15 is 0 Å². The number of carbonyl (C=O) groups excluding carboxylic acids is 1. The van der Waals surface area contributed by atoms with Crippen LogP contribution in [0.5, 0.6) is 0 Å². The van der Waals surface area contributed by atoms with E-state index in [1.165, 1.54) is 19.2 Å². The molecule has 0 bridgehead atoms. The minimum Gasteiger partial charge on any atom is -0.469 e. The average Bonchev–Trinajstić information content (AvgIpc) is 3.17. The summed E-state index contributed by atoms with van der Waals surface area (Å²) in [6, 6.07) is 4.51. The maximum absolute atomic E-state index is 13.3. The Bertz CT molecular complexity index is 501. The topological polar surface area (TPSA) is 52.3 Å². The fraction of sp³-hybridized carbons (Fsp3) is 0.533. The molecule has 1 saturated carbocycles. The second kappa shape index (κ2) is 6.14. The number of methoxy groups -OCH3 is 1. The van der Waals surface area contributed by atoms with E-state index in [4.69, 9.17) is 10.5 Å². The lowest BCUT2D eigenvalue weighted by molar-refractivity contribution is -0.141. The number of ether oxygens (including phenoxy) is 1. The Kier molecular flexibility index (Phi) is 4.70. The number of rotatable bonds is 6. The molecule has 20 heavy (non-hydrogen) atoms. The summed E-state index contributed by atoms with van der Waals surface area (Å²) in [6.07, 6.45) is 2.55. The molecule has 0 unspecified atom stereocenters. The van der Waals surface area contributed by atoms with Crippen LogP contribution >= 0.6 is 11.8 Å². The largest absolute Gasteiger partial charge is 0.469 e. The molecule has 0 spiro atoms. The summed E-state index contributed by atoms with van der Waals surface area (Å²) in [6.45, 7) is 1.85. The van der Waals surface area contributed by atoms with Crippen molar-refractivity contribution >= 4 is 17.7 Å². The van der Waals surface area contributed by atoms with Crippen LogP contribution in [0.4, 0.5) is 4.39 Å². The molecule has 5 heteroatoms. The lowest BCUT2D eigenvalue weighted by Gasteiger charge is -2.16. The molecule has 2 rings (SSSR count). The Morgan fingerprint density at radius 1 is 1.55 bits per heavy atom. The van der Waals surface area contributed by atoms with Crippen molar-refractivity contribution in [3.63, 3.8) is 0 Å². The summed E-state index contributed by atoms with van der Waals surface area (Å²) < 4.78 is 18.0. The third-order valence-corrected chi connectivity index (χ3v) is 5.14.